The third kappa shape index (κ3) is 4.05. The molecule has 1 heterocycles. The Morgan fingerprint density at radius 2 is 1.50 bits per heavy atom. The van der Waals surface area contributed by atoms with E-state index in [0.717, 1.165) is 22.2 Å². The third-order valence-corrected chi connectivity index (χ3v) is 5.06. The zero-order valence-electron chi connectivity index (χ0n) is 15.1. The average molecular weight is 387 g/mol. The van der Waals surface area contributed by atoms with Gasteiger partial charge in [0.1, 0.15) is 5.82 Å². The lowest BCUT2D eigenvalue weighted by Gasteiger charge is -2.10. The van der Waals surface area contributed by atoms with Crippen LogP contribution in [0, 0.1) is 5.82 Å². The number of hydrogen-bond acceptors (Lipinski definition) is 3. The molecular formula is C23H18FN3S. The van der Waals surface area contributed by atoms with Crippen molar-refractivity contribution >= 4 is 17.8 Å². The van der Waals surface area contributed by atoms with Crippen molar-refractivity contribution in [3.8, 4) is 17.1 Å². The SMILES string of the molecule is Fc1ccccc1-c1nnc(SC/C=C/c2ccccc2)n1-c1ccccc1. The maximum Gasteiger partial charge on any atom is 0.196 e. The molecule has 0 amide bonds. The van der Waals surface area contributed by atoms with Gasteiger partial charge in [0.2, 0.25) is 0 Å². The van der Waals surface area contributed by atoms with Crippen LogP contribution in [0.4, 0.5) is 4.39 Å². The lowest BCUT2D eigenvalue weighted by molar-refractivity contribution is 0.629. The number of rotatable bonds is 6. The molecule has 4 aromatic rings. The van der Waals surface area contributed by atoms with E-state index in [-0.39, 0.29) is 5.82 Å². The van der Waals surface area contributed by atoms with Gasteiger partial charge in [-0.1, -0.05) is 84.6 Å². The largest absolute Gasteiger partial charge is 0.270 e. The first-order chi connectivity index (χ1) is 13.8. The van der Waals surface area contributed by atoms with Gasteiger partial charge in [0, 0.05) is 11.4 Å². The predicted octanol–water partition coefficient (Wildman–Crippen LogP) is 5.88. The first-order valence-electron chi connectivity index (χ1n) is 8.93. The summed E-state index contributed by atoms with van der Waals surface area (Å²) in [4.78, 5) is 0. The number of hydrogen-bond donors (Lipinski definition) is 0. The highest BCUT2D eigenvalue weighted by Gasteiger charge is 2.18. The van der Waals surface area contributed by atoms with Crippen LogP contribution in [0.1, 0.15) is 5.56 Å². The summed E-state index contributed by atoms with van der Waals surface area (Å²) < 4.78 is 16.3. The number of aromatic nitrogens is 3. The van der Waals surface area contributed by atoms with Gasteiger partial charge in [-0.25, -0.2) is 4.39 Å². The first-order valence-corrected chi connectivity index (χ1v) is 9.91. The molecule has 0 aliphatic heterocycles. The number of halogens is 1. The molecule has 3 nitrogen and oxygen atoms in total. The summed E-state index contributed by atoms with van der Waals surface area (Å²) in [6.07, 6.45) is 4.17. The molecule has 138 valence electrons. The van der Waals surface area contributed by atoms with E-state index in [1.165, 1.54) is 6.07 Å². The number of para-hydroxylation sites is 1. The van der Waals surface area contributed by atoms with Crippen molar-refractivity contribution in [1.29, 1.82) is 0 Å². The topological polar surface area (TPSA) is 30.7 Å². The molecular weight excluding hydrogens is 369 g/mol. The van der Waals surface area contributed by atoms with Crippen LogP contribution in [0.2, 0.25) is 0 Å². The summed E-state index contributed by atoms with van der Waals surface area (Å²) in [6, 6.07) is 26.6. The van der Waals surface area contributed by atoms with Crippen LogP contribution in [-0.2, 0) is 0 Å². The molecule has 0 saturated carbocycles. The van der Waals surface area contributed by atoms with E-state index in [2.05, 4.69) is 34.5 Å². The Kier molecular flexibility index (Phi) is 5.64. The Bertz CT molecular complexity index is 1080. The summed E-state index contributed by atoms with van der Waals surface area (Å²) in [5, 5.41) is 9.34. The molecule has 0 unspecified atom stereocenters. The van der Waals surface area contributed by atoms with Gasteiger partial charge in [-0.15, -0.1) is 10.2 Å². The molecule has 4 rings (SSSR count). The fourth-order valence-electron chi connectivity index (χ4n) is 2.86. The summed E-state index contributed by atoms with van der Waals surface area (Å²) in [5.41, 5.74) is 2.49. The van der Waals surface area contributed by atoms with Gasteiger partial charge >= 0.3 is 0 Å². The fourth-order valence-corrected chi connectivity index (χ4v) is 3.62. The van der Waals surface area contributed by atoms with Crippen LogP contribution in [0.3, 0.4) is 0 Å². The van der Waals surface area contributed by atoms with Gasteiger partial charge in [-0.05, 0) is 29.8 Å². The molecule has 0 N–H and O–H groups in total. The molecule has 0 atom stereocenters. The van der Waals surface area contributed by atoms with Crippen LogP contribution in [-0.4, -0.2) is 20.5 Å². The zero-order chi connectivity index (χ0) is 19.2. The monoisotopic (exact) mass is 387 g/mol. The van der Waals surface area contributed by atoms with E-state index in [4.69, 9.17) is 0 Å². The average Bonchev–Trinajstić information content (AvgIpc) is 3.16. The van der Waals surface area contributed by atoms with Gasteiger partial charge in [0.25, 0.3) is 0 Å². The van der Waals surface area contributed by atoms with Gasteiger partial charge in [0.15, 0.2) is 11.0 Å². The molecule has 5 heteroatoms. The fraction of sp³-hybridized carbons (Fsp3) is 0.0435. The number of nitrogens with zero attached hydrogens (tertiary/aromatic N) is 3. The molecule has 0 saturated heterocycles. The molecule has 0 fully saturated rings. The molecule has 0 bridgehead atoms. The van der Waals surface area contributed by atoms with Crippen molar-refractivity contribution in [2.45, 2.75) is 5.16 Å². The molecule has 0 aliphatic carbocycles. The molecule has 0 radical (unpaired) electrons. The second-order valence-electron chi connectivity index (χ2n) is 6.08. The van der Waals surface area contributed by atoms with E-state index in [1.54, 1.807) is 30.0 Å². The van der Waals surface area contributed by atoms with Crippen LogP contribution >= 0.6 is 11.8 Å². The first kappa shape index (κ1) is 18.2. The van der Waals surface area contributed by atoms with Crippen LogP contribution < -0.4 is 0 Å². The highest BCUT2D eigenvalue weighted by Crippen LogP contribution is 2.29. The molecule has 0 aliphatic rings. The predicted molar refractivity (Wildman–Crippen MR) is 113 cm³/mol. The summed E-state index contributed by atoms with van der Waals surface area (Å²) in [7, 11) is 0. The second-order valence-corrected chi connectivity index (χ2v) is 7.07. The van der Waals surface area contributed by atoms with Gasteiger partial charge in [-0.3, -0.25) is 4.57 Å². The molecule has 28 heavy (non-hydrogen) atoms. The van der Waals surface area contributed by atoms with Crippen LogP contribution in [0.15, 0.2) is 96.2 Å². The Morgan fingerprint density at radius 3 is 2.25 bits per heavy atom. The second kappa shape index (κ2) is 8.67. The van der Waals surface area contributed by atoms with Crippen LogP contribution in [0.5, 0.6) is 0 Å². The van der Waals surface area contributed by atoms with Gasteiger partial charge in [-0.2, -0.15) is 0 Å². The summed E-state index contributed by atoms with van der Waals surface area (Å²) in [6.45, 7) is 0. The Balaban J connectivity index is 1.64. The normalized spacial score (nSPS) is 11.2. The minimum atomic E-state index is -0.312. The quantitative estimate of drug-likeness (QED) is 0.387. The maximum absolute atomic E-state index is 14.4. The van der Waals surface area contributed by atoms with Gasteiger partial charge in [0.05, 0.1) is 5.56 Å². The smallest absolute Gasteiger partial charge is 0.196 e. The minimum absolute atomic E-state index is 0.312. The molecule has 3 aromatic carbocycles. The zero-order valence-corrected chi connectivity index (χ0v) is 15.9. The van der Waals surface area contributed by atoms with Crippen LogP contribution in [0.25, 0.3) is 23.2 Å². The highest BCUT2D eigenvalue weighted by atomic mass is 32.2. The molecule has 0 spiro atoms. The maximum atomic E-state index is 14.4. The van der Waals surface area contributed by atoms with E-state index >= 15 is 0 Å². The van der Waals surface area contributed by atoms with E-state index in [0.29, 0.717) is 11.4 Å². The Labute approximate surface area is 167 Å². The molecule has 1 aromatic heterocycles. The van der Waals surface area contributed by atoms with Crippen molar-refractivity contribution in [3.63, 3.8) is 0 Å². The Morgan fingerprint density at radius 1 is 0.821 bits per heavy atom. The Hall–Kier alpha value is -3.18. The third-order valence-electron chi connectivity index (χ3n) is 4.18. The van der Waals surface area contributed by atoms with Crippen molar-refractivity contribution < 1.29 is 4.39 Å². The van der Waals surface area contributed by atoms with E-state index in [1.807, 2.05) is 53.1 Å². The highest BCUT2D eigenvalue weighted by molar-refractivity contribution is 7.99. The van der Waals surface area contributed by atoms with Gasteiger partial charge < -0.3 is 0 Å². The number of benzene rings is 3. The minimum Gasteiger partial charge on any atom is -0.270 e. The standard InChI is InChI=1S/C23H18FN3S/c24-21-16-8-7-15-20(21)22-25-26-23(27(22)19-13-5-2-6-14-19)28-17-9-12-18-10-3-1-4-11-18/h1-16H,17H2/b12-9+. The van der Waals surface area contributed by atoms with Crippen molar-refractivity contribution in [3.05, 3.63) is 102 Å². The lowest BCUT2D eigenvalue weighted by Crippen LogP contribution is -2.00. The van der Waals surface area contributed by atoms with Crippen molar-refractivity contribution in [2.75, 3.05) is 5.75 Å². The summed E-state index contributed by atoms with van der Waals surface area (Å²) in [5.74, 6) is 0.920. The van der Waals surface area contributed by atoms with Crippen molar-refractivity contribution in [1.82, 2.24) is 14.8 Å². The van der Waals surface area contributed by atoms with Crippen molar-refractivity contribution in [2.24, 2.45) is 0 Å². The van der Waals surface area contributed by atoms with E-state index < -0.39 is 0 Å². The summed E-state index contributed by atoms with van der Waals surface area (Å²) >= 11 is 1.56. The number of thioether (sulfide) groups is 1. The van der Waals surface area contributed by atoms with E-state index in [9.17, 15) is 4.39 Å². The lowest BCUT2D eigenvalue weighted by atomic mass is 10.2.